The standard InChI is InChI=1S/C22H23FO3/c23-18-11-7-10-17(14-18)20(16-8-3-1-4-9-16)15-21(24)22(25)26-19-12-5-2-6-13-19/h1,3-4,7-11,14,19-20H,2,5-6,12-13,15H2. The van der Waals surface area contributed by atoms with Gasteiger partial charge in [-0.1, -0.05) is 48.9 Å². The van der Waals surface area contributed by atoms with Gasteiger partial charge in [-0.05, 0) is 48.9 Å². The molecule has 0 radical (unpaired) electrons. The molecule has 1 saturated carbocycles. The van der Waals surface area contributed by atoms with Gasteiger partial charge in [0.1, 0.15) is 11.9 Å². The Bertz CT molecular complexity index is 751. The highest BCUT2D eigenvalue weighted by molar-refractivity contribution is 6.33. The van der Waals surface area contributed by atoms with Crippen LogP contribution in [0.25, 0.3) is 0 Å². The maximum atomic E-state index is 13.7. The Labute approximate surface area is 153 Å². The van der Waals surface area contributed by atoms with E-state index in [0.717, 1.165) is 37.7 Å². The van der Waals surface area contributed by atoms with Crippen LogP contribution >= 0.6 is 0 Å². The fourth-order valence-electron chi connectivity index (χ4n) is 3.51. The zero-order valence-corrected chi connectivity index (χ0v) is 14.7. The quantitative estimate of drug-likeness (QED) is 0.553. The van der Waals surface area contributed by atoms with Gasteiger partial charge in [0.15, 0.2) is 0 Å². The van der Waals surface area contributed by atoms with Crippen LogP contribution in [0.4, 0.5) is 4.39 Å². The molecule has 0 bridgehead atoms. The Morgan fingerprint density at radius 1 is 0.962 bits per heavy atom. The highest BCUT2D eigenvalue weighted by atomic mass is 19.1. The lowest BCUT2D eigenvalue weighted by molar-refractivity contribution is -0.159. The highest BCUT2D eigenvalue weighted by Gasteiger charge is 2.26. The van der Waals surface area contributed by atoms with Crippen molar-refractivity contribution in [3.05, 3.63) is 71.5 Å². The molecule has 26 heavy (non-hydrogen) atoms. The molecule has 0 spiro atoms. The molecule has 2 aromatic carbocycles. The molecule has 0 N–H and O–H groups in total. The first-order chi connectivity index (χ1) is 12.6. The molecule has 4 heteroatoms. The summed E-state index contributed by atoms with van der Waals surface area (Å²) in [5.41, 5.74) is 1.55. The molecular weight excluding hydrogens is 331 g/mol. The Hall–Kier alpha value is -2.49. The lowest BCUT2D eigenvalue weighted by atomic mass is 9.87. The van der Waals surface area contributed by atoms with Crippen LogP contribution in [0.2, 0.25) is 0 Å². The zero-order valence-electron chi connectivity index (χ0n) is 14.7. The molecule has 0 aromatic heterocycles. The summed E-state index contributed by atoms with van der Waals surface area (Å²) in [5.74, 6) is -2.07. The van der Waals surface area contributed by atoms with Gasteiger partial charge in [-0.15, -0.1) is 0 Å². The van der Waals surface area contributed by atoms with E-state index in [4.69, 9.17) is 4.74 Å². The maximum Gasteiger partial charge on any atom is 0.374 e. The van der Waals surface area contributed by atoms with E-state index in [1.54, 1.807) is 12.1 Å². The smallest absolute Gasteiger partial charge is 0.374 e. The minimum absolute atomic E-state index is 0.0288. The van der Waals surface area contributed by atoms with E-state index in [9.17, 15) is 14.0 Å². The third-order valence-electron chi connectivity index (χ3n) is 4.90. The number of ether oxygens (including phenoxy) is 1. The fourth-order valence-corrected chi connectivity index (χ4v) is 3.51. The lowest BCUT2D eigenvalue weighted by Gasteiger charge is -2.22. The number of Topliss-reactive ketones (excluding diaryl/α,β-unsaturated/α-hetero) is 1. The summed E-state index contributed by atoms with van der Waals surface area (Å²) >= 11 is 0. The molecule has 136 valence electrons. The summed E-state index contributed by atoms with van der Waals surface area (Å²) in [5, 5.41) is 0. The maximum absolute atomic E-state index is 13.7. The predicted molar refractivity (Wildman–Crippen MR) is 97.3 cm³/mol. The molecule has 0 saturated heterocycles. The average molecular weight is 354 g/mol. The van der Waals surface area contributed by atoms with E-state index in [1.807, 2.05) is 30.3 Å². The van der Waals surface area contributed by atoms with Crippen LogP contribution in [0, 0.1) is 5.82 Å². The number of esters is 1. The molecule has 1 aliphatic carbocycles. The number of halogens is 1. The Kier molecular flexibility index (Phi) is 6.16. The predicted octanol–water partition coefficient (Wildman–Crippen LogP) is 4.79. The molecule has 3 nitrogen and oxygen atoms in total. The number of hydrogen-bond acceptors (Lipinski definition) is 3. The first-order valence-electron chi connectivity index (χ1n) is 9.17. The van der Waals surface area contributed by atoms with Crippen molar-refractivity contribution >= 4 is 11.8 Å². The molecule has 2 aromatic rings. The second kappa shape index (κ2) is 8.75. The molecule has 1 fully saturated rings. The van der Waals surface area contributed by atoms with Crippen molar-refractivity contribution in [1.29, 1.82) is 0 Å². The molecule has 0 amide bonds. The normalized spacial score (nSPS) is 16.0. The van der Waals surface area contributed by atoms with Crippen molar-refractivity contribution in [3.8, 4) is 0 Å². The topological polar surface area (TPSA) is 43.4 Å². The summed E-state index contributed by atoms with van der Waals surface area (Å²) in [7, 11) is 0. The zero-order chi connectivity index (χ0) is 18.4. The first kappa shape index (κ1) is 18.3. The van der Waals surface area contributed by atoms with Gasteiger partial charge < -0.3 is 4.74 Å². The number of rotatable bonds is 6. The molecule has 1 unspecified atom stereocenters. The van der Waals surface area contributed by atoms with E-state index < -0.39 is 11.8 Å². The van der Waals surface area contributed by atoms with Gasteiger partial charge in [-0.3, -0.25) is 4.79 Å². The van der Waals surface area contributed by atoms with Crippen LogP contribution in [0.1, 0.15) is 55.6 Å². The monoisotopic (exact) mass is 354 g/mol. The van der Waals surface area contributed by atoms with Crippen LogP contribution in [-0.2, 0) is 14.3 Å². The van der Waals surface area contributed by atoms with Crippen molar-refractivity contribution in [1.82, 2.24) is 0 Å². The Morgan fingerprint density at radius 2 is 1.65 bits per heavy atom. The van der Waals surface area contributed by atoms with Crippen LogP contribution in [-0.4, -0.2) is 17.9 Å². The number of benzene rings is 2. The van der Waals surface area contributed by atoms with Crippen molar-refractivity contribution < 1.29 is 18.7 Å². The number of ketones is 1. The number of hydrogen-bond donors (Lipinski definition) is 0. The fraction of sp³-hybridized carbons (Fsp3) is 0.364. The SMILES string of the molecule is O=C(CC(c1ccccc1)c1cccc(F)c1)C(=O)OC1CCCCC1. The molecule has 1 aliphatic rings. The summed E-state index contributed by atoms with van der Waals surface area (Å²) in [6.45, 7) is 0. The Morgan fingerprint density at radius 3 is 2.35 bits per heavy atom. The van der Waals surface area contributed by atoms with E-state index >= 15 is 0 Å². The summed E-state index contributed by atoms with van der Waals surface area (Å²) in [4.78, 5) is 24.7. The minimum atomic E-state index is -0.769. The van der Waals surface area contributed by atoms with Gasteiger partial charge in [-0.2, -0.15) is 0 Å². The molecular formula is C22H23FO3. The van der Waals surface area contributed by atoms with Crippen molar-refractivity contribution in [2.75, 3.05) is 0 Å². The van der Waals surface area contributed by atoms with Crippen LogP contribution in [0.5, 0.6) is 0 Å². The van der Waals surface area contributed by atoms with Crippen molar-refractivity contribution in [2.45, 2.75) is 50.5 Å². The first-order valence-corrected chi connectivity index (χ1v) is 9.17. The largest absolute Gasteiger partial charge is 0.457 e. The third kappa shape index (κ3) is 4.78. The average Bonchev–Trinajstić information content (AvgIpc) is 2.67. The van der Waals surface area contributed by atoms with Crippen molar-refractivity contribution in [3.63, 3.8) is 0 Å². The molecule has 0 aliphatic heterocycles. The minimum Gasteiger partial charge on any atom is -0.457 e. The highest BCUT2D eigenvalue weighted by Crippen LogP contribution is 2.29. The van der Waals surface area contributed by atoms with E-state index in [2.05, 4.69) is 0 Å². The van der Waals surface area contributed by atoms with Gasteiger partial charge in [0.05, 0.1) is 0 Å². The van der Waals surface area contributed by atoms with E-state index in [0.29, 0.717) is 5.56 Å². The van der Waals surface area contributed by atoms with Crippen molar-refractivity contribution in [2.24, 2.45) is 0 Å². The van der Waals surface area contributed by atoms with Gasteiger partial charge in [0.2, 0.25) is 5.78 Å². The van der Waals surface area contributed by atoms with Crippen LogP contribution in [0.3, 0.4) is 0 Å². The molecule has 1 atom stereocenters. The van der Waals surface area contributed by atoms with Gasteiger partial charge in [0.25, 0.3) is 0 Å². The molecule has 3 rings (SSSR count). The van der Waals surface area contributed by atoms with E-state index in [1.165, 1.54) is 12.1 Å². The third-order valence-corrected chi connectivity index (χ3v) is 4.90. The second-order valence-corrected chi connectivity index (χ2v) is 6.81. The van der Waals surface area contributed by atoms with Gasteiger partial charge in [-0.25, -0.2) is 9.18 Å². The summed E-state index contributed by atoms with van der Waals surface area (Å²) < 4.78 is 19.1. The van der Waals surface area contributed by atoms with E-state index in [-0.39, 0.29) is 24.3 Å². The number of carbonyl (C=O) groups is 2. The lowest BCUT2D eigenvalue weighted by Crippen LogP contribution is -2.27. The van der Waals surface area contributed by atoms with Crippen LogP contribution in [0.15, 0.2) is 54.6 Å². The van der Waals surface area contributed by atoms with Crippen LogP contribution < -0.4 is 0 Å². The van der Waals surface area contributed by atoms with Gasteiger partial charge >= 0.3 is 5.97 Å². The summed E-state index contributed by atoms with van der Waals surface area (Å²) in [6, 6.07) is 15.6. The second-order valence-electron chi connectivity index (χ2n) is 6.81. The number of carbonyl (C=O) groups excluding carboxylic acids is 2. The Balaban J connectivity index is 1.74. The summed E-state index contributed by atoms with van der Waals surface area (Å²) in [6.07, 6.45) is 4.68. The van der Waals surface area contributed by atoms with Gasteiger partial charge in [0, 0.05) is 12.3 Å². The molecule has 0 heterocycles.